The number of nitrogens with zero attached hydrogens (tertiary/aromatic N) is 2. The molecule has 2 saturated heterocycles. The van der Waals surface area contributed by atoms with Crippen LogP contribution in [0.1, 0.15) is 43.4 Å². The first-order chi connectivity index (χ1) is 9.92. The van der Waals surface area contributed by atoms with Crippen molar-refractivity contribution in [1.29, 1.82) is 0 Å². The van der Waals surface area contributed by atoms with Crippen LogP contribution in [0.5, 0.6) is 0 Å². The summed E-state index contributed by atoms with van der Waals surface area (Å²) in [5.41, 5.74) is 0. The number of aromatic nitrogens is 2. The SMILES string of the molecule is C1CN[C@H](c2nc(CCOCC3CCOCC3)no2)C1. The fourth-order valence-corrected chi connectivity index (χ4v) is 2.73. The minimum atomic E-state index is 0.249. The summed E-state index contributed by atoms with van der Waals surface area (Å²) >= 11 is 0. The van der Waals surface area contributed by atoms with Crippen molar-refractivity contribution in [3.8, 4) is 0 Å². The van der Waals surface area contributed by atoms with Crippen molar-refractivity contribution in [1.82, 2.24) is 15.5 Å². The highest BCUT2D eigenvalue weighted by atomic mass is 16.5. The normalized spacial score (nSPS) is 24.3. The fourth-order valence-electron chi connectivity index (χ4n) is 2.73. The van der Waals surface area contributed by atoms with E-state index in [1.165, 1.54) is 6.42 Å². The predicted molar refractivity (Wildman–Crippen MR) is 72.3 cm³/mol. The number of hydrogen-bond donors (Lipinski definition) is 1. The van der Waals surface area contributed by atoms with Gasteiger partial charge in [0.1, 0.15) is 0 Å². The van der Waals surface area contributed by atoms with Crippen LogP contribution in [0.25, 0.3) is 0 Å². The van der Waals surface area contributed by atoms with E-state index in [2.05, 4.69) is 15.5 Å². The largest absolute Gasteiger partial charge is 0.381 e. The van der Waals surface area contributed by atoms with Crippen molar-refractivity contribution >= 4 is 0 Å². The standard InChI is InChI=1S/C14H23N3O3/c1-2-12(15-6-1)14-16-13(17-20-14)5-9-19-10-11-3-7-18-8-4-11/h11-12,15H,1-10H2/t12-/m0/s1. The Hall–Kier alpha value is -0.980. The van der Waals surface area contributed by atoms with Gasteiger partial charge in [-0.2, -0.15) is 4.98 Å². The molecule has 0 radical (unpaired) electrons. The van der Waals surface area contributed by atoms with E-state index < -0.39 is 0 Å². The lowest BCUT2D eigenvalue weighted by Gasteiger charge is -2.21. The molecule has 0 amide bonds. The molecule has 2 aliphatic rings. The van der Waals surface area contributed by atoms with E-state index in [0.29, 0.717) is 12.5 Å². The van der Waals surface area contributed by atoms with Crippen LogP contribution < -0.4 is 5.32 Å². The molecule has 112 valence electrons. The van der Waals surface area contributed by atoms with Crippen LogP contribution in [-0.4, -0.2) is 43.1 Å². The molecule has 0 bridgehead atoms. The smallest absolute Gasteiger partial charge is 0.243 e. The Labute approximate surface area is 119 Å². The van der Waals surface area contributed by atoms with Gasteiger partial charge in [-0.05, 0) is 38.1 Å². The monoisotopic (exact) mass is 281 g/mol. The van der Waals surface area contributed by atoms with Gasteiger partial charge in [-0.15, -0.1) is 0 Å². The summed E-state index contributed by atoms with van der Waals surface area (Å²) in [6.45, 7) is 4.26. The number of rotatable bonds is 6. The summed E-state index contributed by atoms with van der Waals surface area (Å²) in [6.07, 6.45) is 5.21. The second kappa shape index (κ2) is 7.15. The van der Waals surface area contributed by atoms with Crippen molar-refractivity contribution in [2.75, 3.05) is 33.0 Å². The fraction of sp³-hybridized carbons (Fsp3) is 0.857. The number of nitrogens with one attached hydrogen (secondary N) is 1. The average molecular weight is 281 g/mol. The third-order valence-corrected chi connectivity index (χ3v) is 4.01. The Morgan fingerprint density at radius 3 is 2.95 bits per heavy atom. The Morgan fingerprint density at radius 1 is 1.25 bits per heavy atom. The van der Waals surface area contributed by atoms with E-state index in [0.717, 1.165) is 63.8 Å². The Kier molecular flexibility index (Phi) is 5.00. The van der Waals surface area contributed by atoms with Gasteiger partial charge in [0.25, 0.3) is 0 Å². The summed E-state index contributed by atoms with van der Waals surface area (Å²) < 4.78 is 16.4. The number of hydrogen-bond acceptors (Lipinski definition) is 6. The highest BCUT2D eigenvalue weighted by molar-refractivity contribution is 4.95. The number of ether oxygens (including phenoxy) is 2. The molecular formula is C14H23N3O3. The lowest BCUT2D eigenvalue weighted by Crippen LogP contribution is -2.20. The van der Waals surface area contributed by atoms with Gasteiger partial charge < -0.3 is 19.3 Å². The van der Waals surface area contributed by atoms with Crippen LogP contribution in [0.3, 0.4) is 0 Å². The molecule has 2 fully saturated rings. The highest BCUT2D eigenvalue weighted by Crippen LogP contribution is 2.21. The molecule has 2 aliphatic heterocycles. The van der Waals surface area contributed by atoms with E-state index in [1.807, 2.05) is 0 Å². The van der Waals surface area contributed by atoms with Crippen molar-refractivity contribution in [3.05, 3.63) is 11.7 Å². The Bertz CT molecular complexity index is 398. The van der Waals surface area contributed by atoms with Crippen molar-refractivity contribution in [2.45, 2.75) is 38.1 Å². The molecule has 20 heavy (non-hydrogen) atoms. The first-order valence-corrected chi connectivity index (χ1v) is 7.63. The van der Waals surface area contributed by atoms with Crippen molar-refractivity contribution in [3.63, 3.8) is 0 Å². The summed E-state index contributed by atoms with van der Waals surface area (Å²) in [5.74, 6) is 2.12. The maximum Gasteiger partial charge on any atom is 0.243 e. The zero-order valence-electron chi connectivity index (χ0n) is 11.8. The molecule has 3 heterocycles. The van der Waals surface area contributed by atoms with Gasteiger partial charge in [0, 0.05) is 26.2 Å². The quantitative estimate of drug-likeness (QED) is 0.797. The van der Waals surface area contributed by atoms with Crippen LogP contribution in [0, 0.1) is 5.92 Å². The van der Waals surface area contributed by atoms with Gasteiger partial charge >= 0.3 is 0 Å². The van der Waals surface area contributed by atoms with E-state index in [1.54, 1.807) is 0 Å². The molecule has 0 unspecified atom stereocenters. The predicted octanol–water partition coefficient (Wildman–Crippen LogP) is 1.48. The summed E-state index contributed by atoms with van der Waals surface area (Å²) in [6, 6.07) is 0.249. The molecule has 1 aromatic rings. The van der Waals surface area contributed by atoms with Gasteiger partial charge in [0.15, 0.2) is 5.82 Å². The zero-order chi connectivity index (χ0) is 13.6. The molecule has 0 saturated carbocycles. The maximum atomic E-state index is 5.72. The molecular weight excluding hydrogens is 258 g/mol. The molecule has 1 aromatic heterocycles. The molecule has 1 atom stereocenters. The van der Waals surface area contributed by atoms with E-state index in [9.17, 15) is 0 Å². The summed E-state index contributed by atoms with van der Waals surface area (Å²) in [7, 11) is 0. The van der Waals surface area contributed by atoms with Crippen LogP contribution >= 0.6 is 0 Å². The molecule has 0 aromatic carbocycles. The molecule has 1 N–H and O–H groups in total. The van der Waals surface area contributed by atoms with Crippen LogP contribution in [0.2, 0.25) is 0 Å². The van der Waals surface area contributed by atoms with Gasteiger partial charge in [0.05, 0.1) is 12.6 Å². The second-order valence-electron chi connectivity index (χ2n) is 5.58. The lowest BCUT2D eigenvalue weighted by atomic mass is 10.0. The van der Waals surface area contributed by atoms with Crippen LogP contribution in [-0.2, 0) is 15.9 Å². The lowest BCUT2D eigenvalue weighted by molar-refractivity contribution is 0.0211. The zero-order valence-corrected chi connectivity index (χ0v) is 11.8. The van der Waals surface area contributed by atoms with E-state index >= 15 is 0 Å². The summed E-state index contributed by atoms with van der Waals surface area (Å²) in [5, 5.41) is 7.38. The molecule has 3 rings (SSSR count). The van der Waals surface area contributed by atoms with Gasteiger partial charge in [0.2, 0.25) is 5.89 Å². The van der Waals surface area contributed by atoms with Crippen LogP contribution in [0.15, 0.2) is 4.52 Å². The minimum absolute atomic E-state index is 0.249. The average Bonchev–Trinajstić information content (AvgIpc) is 3.15. The van der Waals surface area contributed by atoms with Gasteiger partial charge in [-0.1, -0.05) is 5.16 Å². The van der Waals surface area contributed by atoms with Gasteiger partial charge in [-0.25, -0.2) is 0 Å². The second-order valence-corrected chi connectivity index (χ2v) is 5.58. The van der Waals surface area contributed by atoms with Crippen molar-refractivity contribution in [2.24, 2.45) is 5.92 Å². The van der Waals surface area contributed by atoms with E-state index in [-0.39, 0.29) is 6.04 Å². The third-order valence-electron chi connectivity index (χ3n) is 4.01. The molecule has 6 heteroatoms. The third kappa shape index (κ3) is 3.77. The van der Waals surface area contributed by atoms with E-state index in [4.69, 9.17) is 14.0 Å². The molecule has 0 aliphatic carbocycles. The first kappa shape index (κ1) is 14.0. The van der Waals surface area contributed by atoms with Gasteiger partial charge in [-0.3, -0.25) is 0 Å². The summed E-state index contributed by atoms with van der Waals surface area (Å²) in [4.78, 5) is 4.44. The van der Waals surface area contributed by atoms with Crippen molar-refractivity contribution < 1.29 is 14.0 Å². The van der Waals surface area contributed by atoms with Crippen LogP contribution in [0.4, 0.5) is 0 Å². The first-order valence-electron chi connectivity index (χ1n) is 7.63. The highest BCUT2D eigenvalue weighted by Gasteiger charge is 2.22. The topological polar surface area (TPSA) is 69.4 Å². The maximum absolute atomic E-state index is 5.72. The molecule has 6 nitrogen and oxygen atoms in total. The molecule has 0 spiro atoms. The Balaban J connectivity index is 1.35. The Morgan fingerprint density at radius 2 is 2.15 bits per heavy atom. The minimum Gasteiger partial charge on any atom is -0.381 e.